The lowest BCUT2D eigenvalue weighted by molar-refractivity contribution is -0.385. The first-order chi connectivity index (χ1) is 9.88. The lowest BCUT2D eigenvalue weighted by Gasteiger charge is -2.14. The minimum Gasteiger partial charge on any atom is -0.387 e. The number of rotatable bonds is 8. The van der Waals surface area contributed by atoms with Crippen LogP contribution in [-0.4, -0.2) is 54.0 Å². The van der Waals surface area contributed by atoms with Crippen molar-refractivity contribution in [3.8, 4) is 0 Å². The molecule has 1 atom stereocenters. The summed E-state index contributed by atoms with van der Waals surface area (Å²) in [7, 11) is 3.82. The number of hydrogen-bond donors (Lipinski definition) is 3. The number of nitrogens with zero attached hydrogens (tertiary/aromatic N) is 4. The minimum absolute atomic E-state index is 0.0451. The molecule has 1 heterocycles. The summed E-state index contributed by atoms with van der Waals surface area (Å²) in [4.78, 5) is 20.0. The molecular weight excluding hydrogens is 274 g/mol. The molecule has 0 bridgehead atoms. The molecular formula is C12H21N7O2. The highest BCUT2D eigenvalue weighted by Crippen LogP contribution is 2.11. The van der Waals surface area contributed by atoms with Crippen molar-refractivity contribution in [3.05, 3.63) is 28.4 Å². The first-order valence-electron chi connectivity index (χ1n) is 6.45. The van der Waals surface area contributed by atoms with Gasteiger partial charge in [-0.3, -0.25) is 15.1 Å². The van der Waals surface area contributed by atoms with E-state index >= 15 is 0 Å². The quantitative estimate of drug-likeness (QED) is 0.266. The van der Waals surface area contributed by atoms with Crippen molar-refractivity contribution in [3.63, 3.8) is 0 Å². The second-order valence-electron chi connectivity index (χ2n) is 4.79. The first-order valence-corrected chi connectivity index (χ1v) is 6.45. The maximum absolute atomic E-state index is 10.5. The van der Waals surface area contributed by atoms with Gasteiger partial charge in [-0.15, -0.1) is 0 Å². The third-order valence-corrected chi connectivity index (χ3v) is 2.53. The predicted molar refractivity (Wildman–Crippen MR) is 82.1 cm³/mol. The Balaban J connectivity index is 2.38. The number of nitro groups is 1. The molecule has 1 aromatic heterocycles. The smallest absolute Gasteiger partial charge is 0.287 e. The van der Waals surface area contributed by atoms with Gasteiger partial charge in [0, 0.05) is 25.6 Å². The van der Waals surface area contributed by atoms with Crippen LogP contribution < -0.4 is 16.8 Å². The van der Waals surface area contributed by atoms with Crippen molar-refractivity contribution in [1.29, 1.82) is 0 Å². The van der Waals surface area contributed by atoms with Gasteiger partial charge in [0.15, 0.2) is 0 Å². The summed E-state index contributed by atoms with van der Waals surface area (Å²) in [5.41, 5.74) is 11.5. The SMILES string of the molecule is CN(C)CC(N)/N=C(\N)CCNc1ccc([N+](=O)[O-])cn1. The number of aromatic nitrogens is 1. The normalized spacial score (nSPS) is 13.2. The third kappa shape index (κ3) is 6.63. The summed E-state index contributed by atoms with van der Waals surface area (Å²) < 4.78 is 0. The average molecular weight is 295 g/mol. The van der Waals surface area contributed by atoms with Crippen LogP contribution in [0.5, 0.6) is 0 Å². The lowest BCUT2D eigenvalue weighted by Crippen LogP contribution is -2.34. The molecule has 1 unspecified atom stereocenters. The predicted octanol–water partition coefficient (Wildman–Crippen LogP) is -0.00460. The molecule has 0 saturated heterocycles. The Bertz CT molecular complexity index is 487. The zero-order valence-corrected chi connectivity index (χ0v) is 12.2. The number of anilines is 1. The van der Waals surface area contributed by atoms with Crippen molar-refractivity contribution in [2.45, 2.75) is 12.6 Å². The van der Waals surface area contributed by atoms with Gasteiger partial charge in [0.1, 0.15) is 18.2 Å². The number of pyridine rings is 1. The van der Waals surface area contributed by atoms with Gasteiger partial charge in [0.2, 0.25) is 0 Å². The number of nitrogens with two attached hydrogens (primary N) is 2. The van der Waals surface area contributed by atoms with E-state index in [1.54, 1.807) is 6.07 Å². The summed E-state index contributed by atoms with van der Waals surface area (Å²) in [6.45, 7) is 1.15. The molecule has 9 nitrogen and oxygen atoms in total. The number of hydrogen-bond acceptors (Lipinski definition) is 7. The second kappa shape index (κ2) is 8.12. The minimum atomic E-state index is -0.492. The maximum atomic E-state index is 10.5. The van der Waals surface area contributed by atoms with Gasteiger partial charge < -0.3 is 21.7 Å². The van der Waals surface area contributed by atoms with E-state index in [9.17, 15) is 10.1 Å². The lowest BCUT2D eigenvalue weighted by atomic mass is 10.3. The van der Waals surface area contributed by atoms with Crippen LogP contribution in [0, 0.1) is 10.1 Å². The molecule has 0 radical (unpaired) electrons. The Labute approximate surface area is 123 Å². The van der Waals surface area contributed by atoms with Gasteiger partial charge in [-0.2, -0.15) is 0 Å². The molecule has 9 heteroatoms. The molecule has 0 aliphatic heterocycles. The monoisotopic (exact) mass is 295 g/mol. The molecule has 1 aromatic rings. The summed E-state index contributed by atoms with van der Waals surface area (Å²) in [6.07, 6.45) is 1.37. The Hall–Kier alpha value is -2.26. The second-order valence-corrected chi connectivity index (χ2v) is 4.79. The van der Waals surface area contributed by atoms with E-state index in [4.69, 9.17) is 11.5 Å². The van der Waals surface area contributed by atoms with Gasteiger partial charge in [-0.1, -0.05) is 0 Å². The number of amidine groups is 1. The highest BCUT2D eigenvalue weighted by atomic mass is 16.6. The molecule has 1 rings (SSSR count). The molecule has 0 aromatic carbocycles. The van der Waals surface area contributed by atoms with Gasteiger partial charge in [-0.25, -0.2) is 4.98 Å². The Morgan fingerprint density at radius 2 is 2.29 bits per heavy atom. The molecule has 0 fully saturated rings. The van der Waals surface area contributed by atoms with Crippen molar-refractivity contribution in [1.82, 2.24) is 9.88 Å². The fourth-order valence-electron chi connectivity index (χ4n) is 1.61. The fraction of sp³-hybridized carbons (Fsp3) is 0.500. The van der Waals surface area contributed by atoms with Crippen molar-refractivity contribution in [2.24, 2.45) is 16.5 Å². The van der Waals surface area contributed by atoms with Gasteiger partial charge in [0.25, 0.3) is 5.69 Å². The first kappa shape index (κ1) is 16.8. The van der Waals surface area contributed by atoms with Crippen molar-refractivity contribution in [2.75, 3.05) is 32.5 Å². The van der Waals surface area contributed by atoms with Crippen LogP contribution in [0.1, 0.15) is 6.42 Å². The molecule has 5 N–H and O–H groups in total. The fourth-order valence-corrected chi connectivity index (χ4v) is 1.61. The van der Waals surface area contributed by atoms with Crippen LogP contribution in [0.15, 0.2) is 23.3 Å². The molecule has 116 valence electrons. The summed E-state index contributed by atoms with van der Waals surface area (Å²) in [5, 5.41) is 13.5. The molecule has 0 amide bonds. The van der Waals surface area contributed by atoms with E-state index in [-0.39, 0.29) is 11.9 Å². The highest BCUT2D eigenvalue weighted by molar-refractivity contribution is 5.80. The Morgan fingerprint density at radius 1 is 1.57 bits per heavy atom. The molecule has 0 spiro atoms. The van der Waals surface area contributed by atoms with E-state index in [1.165, 1.54) is 12.3 Å². The Kier molecular flexibility index (Phi) is 6.50. The molecule has 21 heavy (non-hydrogen) atoms. The van der Waals surface area contributed by atoms with Gasteiger partial charge in [0.05, 0.1) is 10.8 Å². The number of nitrogens with one attached hydrogen (secondary N) is 1. The number of aliphatic imine (C=N–C) groups is 1. The van der Waals surface area contributed by atoms with Crippen LogP contribution in [-0.2, 0) is 0 Å². The van der Waals surface area contributed by atoms with E-state index in [1.807, 2.05) is 19.0 Å². The van der Waals surface area contributed by atoms with Crippen LogP contribution >= 0.6 is 0 Å². The topological polar surface area (TPSA) is 136 Å². The van der Waals surface area contributed by atoms with Crippen LogP contribution in [0.3, 0.4) is 0 Å². The van der Waals surface area contributed by atoms with Crippen molar-refractivity contribution < 1.29 is 4.92 Å². The van der Waals surface area contributed by atoms with E-state index in [0.29, 0.717) is 31.2 Å². The van der Waals surface area contributed by atoms with Crippen LogP contribution in [0.25, 0.3) is 0 Å². The van der Waals surface area contributed by atoms with Crippen molar-refractivity contribution >= 4 is 17.3 Å². The number of likely N-dealkylation sites (N-methyl/N-ethyl adjacent to an activating group) is 1. The third-order valence-electron chi connectivity index (χ3n) is 2.53. The van der Waals surface area contributed by atoms with Crippen LogP contribution in [0.2, 0.25) is 0 Å². The summed E-state index contributed by atoms with van der Waals surface area (Å²) in [6, 6.07) is 2.93. The molecule has 0 saturated carbocycles. The molecule has 0 aliphatic carbocycles. The molecule has 0 aliphatic rings. The largest absolute Gasteiger partial charge is 0.387 e. The highest BCUT2D eigenvalue weighted by Gasteiger charge is 2.05. The zero-order chi connectivity index (χ0) is 15.8. The van der Waals surface area contributed by atoms with Gasteiger partial charge in [-0.05, 0) is 20.2 Å². The standard InChI is InChI=1S/C12H21N7O2/c1-18(2)8-11(14)17-10(13)5-6-15-12-4-3-9(7-16-12)19(20)21/h3-4,7,11H,5-6,8,14H2,1-2H3,(H2,13,17)(H,15,16). The van der Waals surface area contributed by atoms with Crippen LogP contribution in [0.4, 0.5) is 11.5 Å². The Morgan fingerprint density at radius 3 is 2.81 bits per heavy atom. The zero-order valence-electron chi connectivity index (χ0n) is 12.2. The van der Waals surface area contributed by atoms with E-state index in [2.05, 4.69) is 15.3 Å². The maximum Gasteiger partial charge on any atom is 0.287 e. The van der Waals surface area contributed by atoms with E-state index < -0.39 is 4.92 Å². The summed E-state index contributed by atoms with van der Waals surface area (Å²) in [5.74, 6) is 1.00. The average Bonchev–Trinajstić information content (AvgIpc) is 2.38. The van der Waals surface area contributed by atoms with E-state index in [0.717, 1.165) is 0 Å². The van der Waals surface area contributed by atoms with Gasteiger partial charge >= 0.3 is 0 Å². The summed E-state index contributed by atoms with van der Waals surface area (Å²) >= 11 is 0.